The molecule has 0 saturated carbocycles. The van der Waals surface area contributed by atoms with E-state index in [1.54, 1.807) is 6.92 Å². The van der Waals surface area contributed by atoms with Crippen LogP contribution >= 0.6 is 11.8 Å². The number of amides is 1. The largest absolute Gasteiger partial charge is 0.383 e. The number of carbonyl (C=O) groups excluding carboxylic acids is 1. The maximum absolute atomic E-state index is 12.8. The molecule has 0 spiro atoms. The maximum Gasteiger partial charge on any atom is 0.238 e. The average Bonchev–Trinajstić information content (AvgIpc) is 2.83. The van der Waals surface area contributed by atoms with Gasteiger partial charge in [-0.1, -0.05) is 43.0 Å². The molecule has 1 atom stereocenters. The van der Waals surface area contributed by atoms with Crippen LogP contribution in [0.1, 0.15) is 30.5 Å². The quantitative estimate of drug-likeness (QED) is 0.408. The molecular formula is C24H22N6O3S2. The number of nitrogens with two attached hydrogens (primary N) is 2. The number of anilines is 2. The standard InChI is InChI=1S/C24H22N6O3S2/c1-3-15-4-6-16(7-5-15)21-19(12-25)22(27)30-24(20(21)13-26)34-14(2)23(31)29-17-8-10-18(11-9-17)35(28,32)33/h4-11,14H,3H2,1-2H3,(H2,27,30)(H,29,31)(H2,28,32,33). The number of thioether (sulfide) groups is 1. The van der Waals surface area contributed by atoms with Crippen molar-refractivity contribution in [2.24, 2.45) is 5.14 Å². The first-order chi connectivity index (χ1) is 16.6. The van der Waals surface area contributed by atoms with Crippen LogP contribution in [0.25, 0.3) is 11.1 Å². The van der Waals surface area contributed by atoms with Crippen molar-refractivity contribution in [1.82, 2.24) is 4.98 Å². The number of rotatable bonds is 7. The van der Waals surface area contributed by atoms with Crippen LogP contribution in [0.15, 0.2) is 58.5 Å². The number of nitrogen functional groups attached to an aromatic ring is 1. The second kappa shape index (κ2) is 10.6. The fourth-order valence-electron chi connectivity index (χ4n) is 3.27. The first-order valence-electron chi connectivity index (χ1n) is 10.4. The lowest BCUT2D eigenvalue weighted by atomic mass is 9.96. The van der Waals surface area contributed by atoms with Crippen molar-refractivity contribution in [3.05, 3.63) is 65.2 Å². The molecular weight excluding hydrogens is 484 g/mol. The minimum atomic E-state index is -3.84. The Morgan fingerprint density at radius 2 is 1.69 bits per heavy atom. The van der Waals surface area contributed by atoms with Gasteiger partial charge in [0.25, 0.3) is 0 Å². The summed E-state index contributed by atoms with van der Waals surface area (Å²) in [5.41, 5.74) is 8.81. The number of aryl methyl sites for hydroxylation is 1. The second-order valence-corrected chi connectivity index (χ2v) is 10.4. The smallest absolute Gasteiger partial charge is 0.238 e. The van der Waals surface area contributed by atoms with E-state index in [4.69, 9.17) is 10.9 Å². The number of carbonyl (C=O) groups is 1. The topological polar surface area (TPSA) is 176 Å². The monoisotopic (exact) mass is 506 g/mol. The van der Waals surface area contributed by atoms with Gasteiger partial charge in [-0.25, -0.2) is 18.5 Å². The Labute approximate surface area is 207 Å². The van der Waals surface area contributed by atoms with Gasteiger partial charge in [-0.15, -0.1) is 0 Å². The molecule has 3 aromatic rings. The van der Waals surface area contributed by atoms with Crippen molar-refractivity contribution in [3.8, 4) is 23.3 Å². The molecule has 11 heteroatoms. The molecule has 0 radical (unpaired) electrons. The highest BCUT2D eigenvalue weighted by Crippen LogP contribution is 2.37. The predicted octanol–water partition coefficient (Wildman–Crippen LogP) is 3.40. The van der Waals surface area contributed by atoms with Gasteiger partial charge in [0, 0.05) is 11.3 Å². The summed E-state index contributed by atoms with van der Waals surface area (Å²) in [4.78, 5) is 16.9. The second-order valence-electron chi connectivity index (χ2n) is 7.52. The molecule has 0 aliphatic heterocycles. The average molecular weight is 507 g/mol. The van der Waals surface area contributed by atoms with Gasteiger partial charge in [-0.2, -0.15) is 10.5 Å². The first kappa shape index (κ1) is 25.7. The van der Waals surface area contributed by atoms with Gasteiger partial charge in [0.1, 0.15) is 28.5 Å². The van der Waals surface area contributed by atoms with E-state index in [-0.39, 0.29) is 26.9 Å². The number of pyridine rings is 1. The Morgan fingerprint density at radius 1 is 1.09 bits per heavy atom. The number of nitrogens with zero attached hydrogens (tertiary/aromatic N) is 3. The van der Waals surface area contributed by atoms with Crippen molar-refractivity contribution in [1.29, 1.82) is 10.5 Å². The van der Waals surface area contributed by atoms with Gasteiger partial charge >= 0.3 is 0 Å². The number of sulfonamides is 1. The molecule has 0 fully saturated rings. The molecule has 0 saturated heterocycles. The summed E-state index contributed by atoms with van der Waals surface area (Å²) in [6, 6.07) is 17.1. The van der Waals surface area contributed by atoms with Gasteiger partial charge in [0.2, 0.25) is 15.9 Å². The SMILES string of the molecule is CCc1ccc(-c2c(C#N)c(N)nc(SC(C)C(=O)Nc3ccc(S(N)(=O)=O)cc3)c2C#N)cc1. The van der Waals surface area contributed by atoms with Gasteiger partial charge in [0.15, 0.2) is 0 Å². The Bertz CT molecular complexity index is 1460. The summed E-state index contributed by atoms with van der Waals surface area (Å²) in [6.45, 7) is 3.65. The molecule has 1 amide bonds. The summed E-state index contributed by atoms with van der Waals surface area (Å²) in [5, 5.41) is 26.9. The number of nitriles is 2. The normalized spacial score (nSPS) is 11.8. The molecule has 1 aromatic heterocycles. The number of aromatic nitrogens is 1. The van der Waals surface area contributed by atoms with Crippen LogP contribution in [0.4, 0.5) is 11.5 Å². The lowest BCUT2D eigenvalue weighted by Gasteiger charge is -2.16. The predicted molar refractivity (Wildman–Crippen MR) is 135 cm³/mol. The molecule has 5 N–H and O–H groups in total. The molecule has 0 aliphatic carbocycles. The minimum absolute atomic E-state index is 0.0326. The Balaban J connectivity index is 1.92. The van der Waals surface area contributed by atoms with Gasteiger partial charge in [-0.05, 0) is 48.7 Å². The first-order valence-corrected chi connectivity index (χ1v) is 12.8. The molecule has 35 heavy (non-hydrogen) atoms. The summed E-state index contributed by atoms with van der Waals surface area (Å²) >= 11 is 1.03. The zero-order chi connectivity index (χ0) is 25.8. The van der Waals surface area contributed by atoms with E-state index in [0.29, 0.717) is 16.8 Å². The van der Waals surface area contributed by atoms with Crippen LogP contribution in [0.3, 0.4) is 0 Å². The van der Waals surface area contributed by atoms with Crippen LogP contribution in [0.2, 0.25) is 0 Å². The fourth-order valence-corrected chi connectivity index (χ4v) is 4.70. The molecule has 1 unspecified atom stereocenters. The fraction of sp³-hybridized carbons (Fsp3) is 0.167. The van der Waals surface area contributed by atoms with E-state index in [9.17, 15) is 23.7 Å². The van der Waals surface area contributed by atoms with Crippen molar-refractivity contribution in [3.63, 3.8) is 0 Å². The molecule has 2 aromatic carbocycles. The number of benzene rings is 2. The van der Waals surface area contributed by atoms with Gasteiger partial charge in [0.05, 0.1) is 15.7 Å². The van der Waals surface area contributed by atoms with E-state index in [1.165, 1.54) is 24.3 Å². The summed E-state index contributed by atoms with van der Waals surface area (Å²) in [6.07, 6.45) is 0.841. The molecule has 0 bridgehead atoms. The van der Waals surface area contributed by atoms with E-state index in [0.717, 1.165) is 23.7 Å². The van der Waals surface area contributed by atoms with Gasteiger partial charge in [-0.3, -0.25) is 4.79 Å². The van der Waals surface area contributed by atoms with Crippen LogP contribution < -0.4 is 16.2 Å². The zero-order valence-corrected chi connectivity index (χ0v) is 20.6. The molecule has 178 valence electrons. The lowest BCUT2D eigenvalue weighted by Crippen LogP contribution is -2.23. The highest BCUT2D eigenvalue weighted by atomic mass is 32.2. The third kappa shape index (κ3) is 5.78. The maximum atomic E-state index is 12.8. The highest BCUT2D eigenvalue weighted by Gasteiger charge is 2.24. The number of primary sulfonamides is 1. The third-order valence-corrected chi connectivity index (χ3v) is 7.19. The molecule has 3 rings (SSSR count). The van der Waals surface area contributed by atoms with E-state index in [2.05, 4.69) is 16.4 Å². The van der Waals surface area contributed by atoms with Crippen LogP contribution in [0.5, 0.6) is 0 Å². The van der Waals surface area contributed by atoms with Gasteiger partial charge < -0.3 is 11.1 Å². The molecule has 9 nitrogen and oxygen atoms in total. The Kier molecular flexibility index (Phi) is 7.77. The van der Waals surface area contributed by atoms with E-state index >= 15 is 0 Å². The highest BCUT2D eigenvalue weighted by molar-refractivity contribution is 8.00. The van der Waals surface area contributed by atoms with Crippen molar-refractivity contribution >= 4 is 39.2 Å². The van der Waals surface area contributed by atoms with Crippen molar-refractivity contribution in [2.45, 2.75) is 35.4 Å². The Hall–Kier alpha value is -3.90. The third-order valence-electron chi connectivity index (χ3n) is 5.17. The van der Waals surface area contributed by atoms with Crippen LogP contribution in [-0.2, 0) is 21.2 Å². The van der Waals surface area contributed by atoms with Crippen molar-refractivity contribution < 1.29 is 13.2 Å². The van der Waals surface area contributed by atoms with E-state index < -0.39 is 21.2 Å². The molecule has 0 aliphatic rings. The molecule has 1 heterocycles. The Morgan fingerprint density at radius 3 is 2.20 bits per heavy atom. The minimum Gasteiger partial charge on any atom is -0.383 e. The van der Waals surface area contributed by atoms with Crippen molar-refractivity contribution in [2.75, 3.05) is 11.1 Å². The zero-order valence-electron chi connectivity index (χ0n) is 18.9. The lowest BCUT2D eigenvalue weighted by molar-refractivity contribution is -0.115. The van der Waals surface area contributed by atoms with Crippen LogP contribution in [0, 0.1) is 22.7 Å². The van der Waals surface area contributed by atoms with Crippen LogP contribution in [-0.4, -0.2) is 24.6 Å². The summed E-state index contributed by atoms with van der Waals surface area (Å²) in [5.74, 6) is -0.435. The summed E-state index contributed by atoms with van der Waals surface area (Å²) < 4.78 is 22.8. The number of hydrogen-bond acceptors (Lipinski definition) is 8. The van der Waals surface area contributed by atoms with E-state index in [1.807, 2.05) is 37.3 Å². The number of hydrogen-bond donors (Lipinski definition) is 3. The number of nitrogens with one attached hydrogen (secondary N) is 1. The summed E-state index contributed by atoms with van der Waals surface area (Å²) in [7, 11) is -3.84.